The van der Waals surface area contributed by atoms with Gasteiger partial charge in [0.2, 0.25) is 0 Å². The van der Waals surface area contributed by atoms with Crippen LogP contribution in [0.15, 0.2) is 29.6 Å². The van der Waals surface area contributed by atoms with Gasteiger partial charge in [-0.1, -0.05) is 32.0 Å². The van der Waals surface area contributed by atoms with Gasteiger partial charge in [-0.2, -0.15) is 0 Å². The van der Waals surface area contributed by atoms with Crippen molar-refractivity contribution in [1.82, 2.24) is 0 Å². The molecule has 3 N–H and O–H groups in total. The molecule has 2 rings (SSSR count). The van der Waals surface area contributed by atoms with Gasteiger partial charge in [-0.05, 0) is 34.9 Å². The first-order chi connectivity index (χ1) is 8.15. The van der Waals surface area contributed by atoms with Crippen molar-refractivity contribution < 1.29 is 5.11 Å². The van der Waals surface area contributed by atoms with Crippen LogP contribution in [0.3, 0.4) is 0 Å². The highest BCUT2D eigenvalue weighted by Crippen LogP contribution is 2.34. The van der Waals surface area contributed by atoms with E-state index in [2.05, 4.69) is 31.4 Å². The van der Waals surface area contributed by atoms with Crippen molar-refractivity contribution >= 4 is 21.4 Å². The lowest BCUT2D eigenvalue weighted by Gasteiger charge is -2.25. The number of thiophene rings is 1. The number of benzene rings is 1. The molecule has 0 amide bonds. The third kappa shape index (κ3) is 2.37. The summed E-state index contributed by atoms with van der Waals surface area (Å²) in [6.07, 6.45) is -0.470. The molecule has 3 heteroatoms. The van der Waals surface area contributed by atoms with E-state index in [-0.39, 0.29) is 5.92 Å². The largest absolute Gasteiger partial charge is 0.388 e. The first-order valence-corrected chi connectivity index (χ1v) is 6.87. The van der Waals surface area contributed by atoms with Crippen molar-refractivity contribution in [3.05, 3.63) is 35.2 Å². The van der Waals surface area contributed by atoms with Gasteiger partial charge in [-0.25, -0.2) is 0 Å². The van der Waals surface area contributed by atoms with Crippen molar-refractivity contribution in [2.45, 2.75) is 20.0 Å². The Bertz CT molecular complexity index is 492. The minimum Gasteiger partial charge on any atom is -0.388 e. The Kier molecular flexibility index (Phi) is 3.82. The van der Waals surface area contributed by atoms with Gasteiger partial charge in [0.05, 0.1) is 6.10 Å². The first kappa shape index (κ1) is 12.6. The summed E-state index contributed by atoms with van der Waals surface area (Å²) in [7, 11) is 0. The molecule has 0 aliphatic rings. The van der Waals surface area contributed by atoms with Crippen molar-refractivity contribution in [3.8, 4) is 0 Å². The zero-order valence-electron chi connectivity index (χ0n) is 10.3. The number of fused-ring (bicyclic) bond motifs is 1. The van der Waals surface area contributed by atoms with E-state index in [0.717, 1.165) is 5.56 Å². The molecule has 0 saturated heterocycles. The van der Waals surface area contributed by atoms with E-state index in [1.807, 2.05) is 12.1 Å². The van der Waals surface area contributed by atoms with E-state index in [1.165, 1.54) is 10.1 Å². The van der Waals surface area contributed by atoms with Crippen LogP contribution < -0.4 is 5.73 Å². The molecule has 0 spiro atoms. The normalized spacial score (nSPS) is 15.4. The van der Waals surface area contributed by atoms with Crippen molar-refractivity contribution in [1.29, 1.82) is 0 Å². The minimum absolute atomic E-state index is 0.114. The summed E-state index contributed by atoms with van der Waals surface area (Å²) < 4.78 is 1.18. The van der Waals surface area contributed by atoms with Gasteiger partial charge in [-0.15, -0.1) is 11.3 Å². The number of nitrogens with two attached hydrogens (primary N) is 1. The SMILES string of the molecule is CC(C)C(CN)C(O)c1cccc2ccsc12. The molecule has 2 unspecified atom stereocenters. The van der Waals surface area contributed by atoms with Gasteiger partial charge in [0.15, 0.2) is 0 Å². The summed E-state index contributed by atoms with van der Waals surface area (Å²) in [4.78, 5) is 0. The first-order valence-electron chi connectivity index (χ1n) is 5.99. The summed E-state index contributed by atoms with van der Waals surface area (Å²) in [5, 5.41) is 13.8. The maximum atomic E-state index is 10.5. The third-order valence-electron chi connectivity index (χ3n) is 3.36. The lowest BCUT2D eigenvalue weighted by atomic mass is 9.86. The van der Waals surface area contributed by atoms with Crippen LogP contribution >= 0.6 is 11.3 Å². The number of hydrogen-bond acceptors (Lipinski definition) is 3. The maximum absolute atomic E-state index is 10.5. The van der Waals surface area contributed by atoms with Crippen LogP contribution in [0.4, 0.5) is 0 Å². The Balaban J connectivity index is 2.41. The minimum atomic E-state index is -0.470. The van der Waals surface area contributed by atoms with Crippen molar-refractivity contribution in [2.75, 3.05) is 6.54 Å². The topological polar surface area (TPSA) is 46.2 Å². The van der Waals surface area contributed by atoms with Gasteiger partial charge in [-0.3, -0.25) is 0 Å². The molecule has 0 aliphatic carbocycles. The van der Waals surface area contributed by atoms with E-state index in [9.17, 15) is 5.11 Å². The van der Waals surface area contributed by atoms with Crippen LogP contribution in [-0.2, 0) is 0 Å². The predicted molar refractivity (Wildman–Crippen MR) is 74.2 cm³/mol. The molecule has 0 aliphatic heterocycles. The molecule has 2 nitrogen and oxygen atoms in total. The second-order valence-electron chi connectivity index (χ2n) is 4.77. The highest BCUT2D eigenvalue weighted by atomic mass is 32.1. The standard InChI is InChI=1S/C14H19NOS/c1-9(2)12(8-15)13(16)11-5-3-4-10-6-7-17-14(10)11/h3-7,9,12-13,16H,8,15H2,1-2H3. The molecular weight excluding hydrogens is 230 g/mol. The molecule has 1 aromatic carbocycles. The summed E-state index contributed by atoms with van der Waals surface area (Å²) >= 11 is 1.68. The van der Waals surface area contributed by atoms with E-state index >= 15 is 0 Å². The Morgan fingerprint density at radius 3 is 2.71 bits per heavy atom. The third-order valence-corrected chi connectivity index (χ3v) is 4.34. The molecule has 0 fully saturated rings. The lowest BCUT2D eigenvalue weighted by Crippen LogP contribution is -2.26. The van der Waals surface area contributed by atoms with Crippen LogP contribution in [0, 0.1) is 11.8 Å². The van der Waals surface area contributed by atoms with Gasteiger partial charge in [0.1, 0.15) is 0 Å². The van der Waals surface area contributed by atoms with Crippen LogP contribution in [-0.4, -0.2) is 11.7 Å². The molecule has 0 bridgehead atoms. The molecule has 0 saturated carbocycles. The van der Waals surface area contributed by atoms with Gasteiger partial charge in [0.25, 0.3) is 0 Å². The average Bonchev–Trinajstić information content (AvgIpc) is 2.76. The van der Waals surface area contributed by atoms with E-state index in [1.54, 1.807) is 11.3 Å². The van der Waals surface area contributed by atoms with Gasteiger partial charge >= 0.3 is 0 Å². The van der Waals surface area contributed by atoms with E-state index in [4.69, 9.17) is 5.73 Å². The van der Waals surface area contributed by atoms with Crippen LogP contribution in [0.1, 0.15) is 25.5 Å². The van der Waals surface area contributed by atoms with Crippen LogP contribution in [0.25, 0.3) is 10.1 Å². The van der Waals surface area contributed by atoms with Crippen molar-refractivity contribution in [2.24, 2.45) is 17.6 Å². The van der Waals surface area contributed by atoms with E-state index in [0.29, 0.717) is 12.5 Å². The molecule has 92 valence electrons. The second-order valence-corrected chi connectivity index (χ2v) is 5.69. The highest BCUT2D eigenvalue weighted by molar-refractivity contribution is 7.17. The Morgan fingerprint density at radius 2 is 2.06 bits per heavy atom. The maximum Gasteiger partial charge on any atom is 0.0846 e. The van der Waals surface area contributed by atoms with Crippen LogP contribution in [0.2, 0.25) is 0 Å². The summed E-state index contributed by atoms with van der Waals surface area (Å²) in [6.45, 7) is 4.73. The summed E-state index contributed by atoms with van der Waals surface area (Å²) in [5.41, 5.74) is 6.79. The molecule has 2 aromatic rings. The van der Waals surface area contributed by atoms with Gasteiger partial charge < -0.3 is 10.8 Å². The lowest BCUT2D eigenvalue weighted by molar-refractivity contribution is 0.0875. The van der Waals surface area contributed by atoms with Crippen molar-refractivity contribution in [3.63, 3.8) is 0 Å². The van der Waals surface area contributed by atoms with Crippen LogP contribution in [0.5, 0.6) is 0 Å². The fraction of sp³-hybridized carbons (Fsp3) is 0.429. The molecular formula is C14H19NOS. The Labute approximate surface area is 106 Å². The fourth-order valence-electron chi connectivity index (χ4n) is 2.25. The number of rotatable bonds is 4. The fourth-order valence-corrected chi connectivity index (χ4v) is 3.19. The smallest absolute Gasteiger partial charge is 0.0846 e. The highest BCUT2D eigenvalue weighted by Gasteiger charge is 2.24. The Morgan fingerprint density at radius 1 is 1.29 bits per heavy atom. The zero-order chi connectivity index (χ0) is 12.4. The Hall–Kier alpha value is -0.900. The number of aliphatic hydroxyl groups is 1. The zero-order valence-corrected chi connectivity index (χ0v) is 11.1. The molecule has 2 atom stereocenters. The van der Waals surface area contributed by atoms with Gasteiger partial charge in [0, 0.05) is 10.6 Å². The number of aliphatic hydroxyl groups excluding tert-OH is 1. The quantitative estimate of drug-likeness (QED) is 0.874. The second kappa shape index (κ2) is 5.17. The molecule has 1 aromatic heterocycles. The number of hydrogen-bond donors (Lipinski definition) is 2. The van der Waals surface area contributed by atoms with E-state index < -0.39 is 6.10 Å². The summed E-state index contributed by atoms with van der Waals surface area (Å²) in [6, 6.07) is 8.17. The summed E-state index contributed by atoms with van der Waals surface area (Å²) in [5.74, 6) is 0.493. The monoisotopic (exact) mass is 249 g/mol. The molecule has 0 radical (unpaired) electrons. The molecule has 17 heavy (non-hydrogen) atoms. The average molecular weight is 249 g/mol. The predicted octanol–water partition coefficient (Wildman–Crippen LogP) is 3.17. The molecule has 1 heterocycles.